The van der Waals surface area contributed by atoms with Crippen molar-refractivity contribution in [2.24, 2.45) is 0 Å². The van der Waals surface area contributed by atoms with E-state index in [0.717, 1.165) is 16.3 Å². The SMILES string of the molecule is CN(C)[C@@H](CNC(=O)Nc1ccc(-c2nccs2)cc1)c1ccsc1. The Morgan fingerprint density at radius 3 is 2.60 bits per heavy atom. The lowest BCUT2D eigenvalue weighted by molar-refractivity contribution is 0.243. The molecule has 3 rings (SSSR count). The summed E-state index contributed by atoms with van der Waals surface area (Å²) >= 11 is 3.26. The smallest absolute Gasteiger partial charge is 0.319 e. The fourth-order valence-corrected chi connectivity index (χ4v) is 3.84. The maximum absolute atomic E-state index is 12.2. The summed E-state index contributed by atoms with van der Waals surface area (Å²) in [5, 5.41) is 12.9. The van der Waals surface area contributed by atoms with Crippen molar-refractivity contribution in [3.8, 4) is 10.6 Å². The number of benzene rings is 1. The average Bonchev–Trinajstić information content (AvgIpc) is 3.29. The third-order valence-electron chi connectivity index (χ3n) is 3.83. The second-order valence-electron chi connectivity index (χ2n) is 5.79. The zero-order valence-electron chi connectivity index (χ0n) is 14.1. The van der Waals surface area contributed by atoms with Gasteiger partial charge in [0.15, 0.2) is 0 Å². The molecule has 1 aromatic carbocycles. The predicted molar refractivity (Wildman–Crippen MR) is 105 cm³/mol. The predicted octanol–water partition coefficient (Wildman–Crippen LogP) is 4.30. The first-order valence-corrected chi connectivity index (χ1v) is 9.69. The number of thiazole rings is 1. The van der Waals surface area contributed by atoms with Gasteiger partial charge in [0.05, 0.1) is 6.04 Å². The number of nitrogens with one attached hydrogen (secondary N) is 2. The van der Waals surface area contributed by atoms with Gasteiger partial charge in [0, 0.05) is 29.4 Å². The third kappa shape index (κ3) is 4.66. The van der Waals surface area contributed by atoms with Crippen molar-refractivity contribution in [3.63, 3.8) is 0 Å². The molecular formula is C18H20N4OS2. The van der Waals surface area contributed by atoms with E-state index in [2.05, 4.69) is 37.3 Å². The molecule has 5 nitrogen and oxygen atoms in total. The zero-order chi connectivity index (χ0) is 17.6. The molecule has 0 aliphatic rings. The number of hydrogen-bond acceptors (Lipinski definition) is 5. The van der Waals surface area contributed by atoms with Gasteiger partial charge in [0.1, 0.15) is 5.01 Å². The van der Waals surface area contributed by atoms with Crippen LogP contribution in [0.2, 0.25) is 0 Å². The van der Waals surface area contributed by atoms with Crippen LogP contribution in [0.1, 0.15) is 11.6 Å². The minimum atomic E-state index is -0.205. The Hall–Kier alpha value is -2.22. The van der Waals surface area contributed by atoms with Gasteiger partial charge in [0.25, 0.3) is 0 Å². The molecule has 0 saturated heterocycles. The van der Waals surface area contributed by atoms with Gasteiger partial charge in [-0.3, -0.25) is 0 Å². The first-order chi connectivity index (χ1) is 12.1. The molecule has 130 valence electrons. The maximum atomic E-state index is 12.2. The number of likely N-dealkylation sites (N-methyl/N-ethyl adjacent to an activating group) is 1. The summed E-state index contributed by atoms with van der Waals surface area (Å²) in [4.78, 5) is 18.6. The summed E-state index contributed by atoms with van der Waals surface area (Å²) in [5.74, 6) is 0. The van der Waals surface area contributed by atoms with Crippen molar-refractivity contribution < 1.29 is 4.79 Å². The van der Waals surface area contributed by atoms with E-state index >= 15 is 0 Å². The Bertz CT molecular complexity index is 783. The van der Waals surface area contributed by atoms with Crippen LogP contribution in [-0.2, 0) is 0 Å². The van der Waals surface area contributed by atoms with Crippen LogP contribution in [0.4, 0.5) is 10.5 Å². The number of nitrogens with zero attached hydrogens (tertiary/aromatic N) is 2. The van der Waals surface area contributed by atoms with E-state index in [4.69, 9.17) is 0 Å². The molecule has 0 spiro atoms. The Kier molecular flexibility index (Phi) is 5.80. The lowest BCUT2D eigenvalue weighted by Crippen LogP contribution is -2.36. The van der Waals surface area contributed by atoms with Gasteiger partial charge in [-0.05, 0) is 60.8 Å². The quantitative estimate of drug-likeness (QED) is 0.678. The van der Waals surface area contributed by atoms with Crippen LogP contribution < -0.4 is 10.6 Å². The van der Waals surface area contributed by atoms with Gasteiger partial charge in [-0.15, -0.1) is 11.3 Å². The molecule has 2 heterocycles. The molecular weight excluding hydrogens is 352 g/mol. The van der Waals surface area contributed by atoms with Crippen LogP contribution in [0.25, 0.3) is 10.6 Å². The van der Waals surface area contributed by atoms with E-state index in [0.29, 0.717) is 6.54 Å². The van der Waals surface area contributed by atoms with Crippen LogP contribution >= 0.6 is 22.7 Å². The van der Waals surface area contributed by atoms with Crippen LogP contribution in [-0.4, -0.2) is 36.6 Å². The average molecular weight is 373 g/mol. The van der Waals surface area contributed by atoms with Crippen LogP contribution in [0, 0.1) is 0 Å². The van der Waals surface area contributed by atoms with Crippen molar-refractivity contribution in [1.29, 1.82) is 0 Å². The lowest BCUT2D eigenvalue weighted by Gasteiger charge is -2.24. The molecule has 1 atom stereocenters. The number of aromatic nitrogens is 1. The fourth-order valence-electron chi connectivity index (χ4n) is 2.49. The minimum absolute atomic E-state index is 0.157. The second kappa shape index (κ2) is 8.24. The Balaban J connectivity index is 1.55. The highest BCUT2D eigenvalue weighted by Gasteiger charge is 2.15. The van der Waals surface area contributed by atoms with Crippen molar-refractivity contribution in [2.45, 2.75) is 6.04 Å². The summed E-state index contributed by atoms with van der Waals surface area (Å²) in [6, 6.07) is 9.74. The molecule has 0 aliphatic carbocycles. The first kappa shape index (κ1) is 17.6. The monoisotopic (exact) mass is 372 g/mol. The number of anilines is 1. The number of rotatable bonds is 6. The topological polar surface area (TPSA) is 57.3 Å². The number of urea groups is 1. The van der Waals surface area contributed by atoms with Crippen molar-refractivity contribution >= 4 is 34.4 Å². The number of amides is 2. The largest absolute Gasteiger partial charge is 0.336 e. The van der Waals surface area contributed by atoms with Gasteiger partial charge in [-0.2, -0.15) is 11.3 Å². The van der Waals surface area contributed by atoms with Gasteiger partial charge in [-0.1, -0.05) is 0 Å². The highest BCUT2D eigenvalue weighted by Crippen LogP contribution is 2.23. The summed E-state index contributed by atoms with van der Waals surface area (Å²) in [6.45, 7) is 0.548. The molecule has 0 saturated carbocycles. The van der Waals surface area contributed by atoms with E-state index in [9.17, 15) is 4.79 Å². The zero-order valence-corrected chi connectivity index (χ0v) is 15.7. The second-order valence-corrected chi connectivity index (χ2v) is 7.46. The van der Waals surface area contributed by atoms with E-state index in [-0.39, 0.29) is 12.1 Å². The van der Waals surface area contributed by atoms with Gasteiger partial charge >= 0.3 is 6.03 Å². The lowest BCUT2D eigenvalue weighted by atomic mass is 10.1. The number of carbonyl (C=O) groups excluding carboxylic acids is 1. The molecule has 2 aromatic heterocycles. The third-order valence-corrected chi connectivity index (χ3v) is 5.35. The Morgan fingerprint density at radius 2 is 2.00 bits per heavy atom. The van der Waals surface area contributed by atoms with Gasteiger partial charge < -0.3 is 15.5 Å². The molecule has 2 amide bonds. The number of carbonyl (C=O) groups is 1. The molecule has 0 radical (unpaired) electrons. The molecule has 0 fully saturated rings. The Morgan fingerprint density at radius 1 is 1.20 bits per heavy atom. The summed E-state index contributed by atoms with van der Waals surface area (Å²) < 4.78 is 0. The highest BCUT2D eigenvalue weighted by molar-refractivity contribution is 7.13. The molecule has 0 aliphatic heterocycles. The van der Waals surface area contributed by atoms with E-state index in [1.807, 2.05) is 43.7 Å². The molecule has 0 bridgehead atoms. The number of hydrogen-bond donors (Lipinski definition) is 2. The first-order valence-electron chi connectivity index (χ1n) is 7.87. The molecule has 25 heavy (non-hydrogen) atoms. The fraction of sp³-hybridized carbons (Fsp3) is 0.222. The van der Waals surface area contributed by atoms with Crippen LogP contribution in [0.15, 0.2) is 52.7 Å². The van der Waals surface area contributed by atoms with Crippen molar-refractivity contribution in [1.82, 2.24) is 15.2 Å². The molecule has 7 heteroatoms. The standard InChI is InChI=1S/C18H20N4OS2/c1-22(2)16(14-7-9-24-12-14)11-20-18(23)21-15-5-3-13(4-6-15)17-19-8-10-25-17/h3-10,12,16H,11H2,1-2H3,(H2,20,21,23)/t16-/m0/s1. The van der Waals surface area contributed by atoms with E-state index < -0.39 is 0 Å². The van der Waals surface area contributed by atoms with Crippen molar-refractivity contribution in [3.05, 3.63) is 58.2 Å². The maximum Gasteiger partial charge on any atom is 0.319 e. The van der Waals surface area contributed by atoms with E-state index in [1.54, 1.807) is 28.9 Å². The highest BCUT2D eigenvalue weighted by atomic mass is 32.1. The summed E-state index contributed by atoms with van der Waals surface area (Å²) in [7, 11) is 4.03. The van der Waals surface area contributed by atoms with Gasteiger partial charge in [0.2, 0.25) is 0 Å². The molecule has 2 N–H and O–H groups in total. The Labute approximate surface area is 155 Å². The number of thiophene rings is 1. The minimum Gasteiger partial charge on any atom is -0.336 e. The normalized spacial score (nSPS) is 12.1. The van der Waals surface area contributed by atoms with Crippen LogP contribution in [0.5, 0.6) is 0 Å². The summed E-state index contributed by atoms with van der Waals surface area (Å²) in [5.41, 5.74) is 3.02. The van der Waals surface area contributed by atoms with Crippen LogP contribution in [0.3, 0.4) is 0 Å². The molecule has 3 aromatic rings. The molecule has 0 unspecified atom stereocenters. The van der Waals surface area contributed by atoms with E-state index in [1.165, 1.54) is 5.56 Å². The van der Waals surface area contributed by atoms with Gasteiger partial charge in [-0.25, -0.2) is 9.78 Å². The summed E-state index contributed by atoms with van der Waals surface area (Å²) in [6.07, 6.45) is 1.79. The van der Waals surface area contributed by atoms with Crippen molar-refractivity contribution in [2.75, 3.05) is 26.0 Å².